The first-order chi connectivity index (χ1) is 14.6. The molecular formula is C25H27FN4. The number of nitrogens with one attached hydrogen (secondary N) is 1. The zero-order chi connectivity index (χ0) is 20.6. The van der Waals surface area contributed by atoms with E-state index in [2.05, 4.69) is 34.5 Å². The van der Waals surface area contributed by atoms with Gasteiger partial charge in [0.15, 0.2) is 0 Å². The lowest BCUT2D eigenvalue weighted by Crippen LogP contribution is -2.36. The van der Waals surface area contributed by atoms with Crippen molar-refractivity contribution in [1.29, 1.82) is 0 Å². The van der Waals surface area contributed by atoms with Gasteiger partial charge in [0.1, 0.15) is 5.82 Å². The molecule has 0 bridgehead atoms. The Morgan fingerprint density at radius 3 is 2.87 bits per heavy atom. The standard InChI is InChI=1S/C25H27FN4/c1-25-15-18-16-29-30(23-9-7-21(26)8-10-23)24(18)14-19(25)5-6-20(25)17-27-13-11-22-4-2-3-12-28-22/h2-4,7-10,12,14,16,20,27H,5-6,11,13,15,17H2,1H3/t20-,25+/m1/s1. The maximum Gasteiger partial charge on any atom is 0.123 e. The summed E-state index contributed by atoms with van der Waals surface area (Å²) in [6.45, 7) is 4.40. The number of halogens is 1. The van der Waals surface area contributed by atoms with Gasteiger partial charge in [-0.15, -0.1) is 0 Å². The molecule has 2 heterocycles. The molecule has 0 aliphatic heterocycles. The normalized spacial score (nSPS) is 22.5. The fourth-order valence-corrected chi connectivity index (χ4v) is 5.09. The summed E-state index contributed by atoms with van der Waals surface area (Å²) >= 11 is 0. The van der Waals surface area contributed by atoms with Gasteiger partial charge in [-0.3, -0.25) is 4.98 Å². The van der Waals surface area contributed by atoms with Crippen molar-refractivity contribution in [3.8, 4) is 5.69 Å². The van der Waals surface area contributed by atoms with E-state index in [0.717, 1.165) is 49.4 Å². The van der Waals surface area contributed by atoms with E-state index in [9.17, 15) is 4.39 Å². The molecule has 3 aromatic rings. The monoisotopic (exact) mass is 402 g/mol. The van der Waals surface area contributed by atoms with Crippen LogP contribution >= 0.6 is 0 Å². The van der Waals surface area contributed by atoms with Crippen LogP contribution in [0, 0.1) is 17.2 Å². The Morgan fingerprint density at radius 2 is 2.07 bits per heavy atom. The smallest absolute Gasteiger partial charge is 0.123 e. The van der Waals surface area contributed by atoms with E-state index in [1.54, 1.807) is 12.1 Å². The van der Waals surface area contributed by atoms with Crippen LogP contribution in [-0.4, -0.2) is 27.9 Å². The minimum Gasteiger partial charge on any atom is -0.316 e. The minimum absolute atomic E-state index is 0.182. The average Bonchev–Trinajstić information content (AvgIpc) is 3.30. The molecule has 0 unspecified atom stereocenters. The third kappa shape index (κ3) is 3.47. The van der Waals surface area contributed by atoms with Gasteiger partial charge >= 0.3 is 0 Å². The van der Waals surface area contributed by atoms with Crippen LogP contribution in [0.4, 0.5) is 4.39 Å². The zero-order valence-electron chi connectivity index (χ0n) is 17.3. The molecule has 5 heteroatoms. The Hall–Kier alpha value is -2.79. The van der Waals surface area contributed by atoms with Crippen LogP contribution in [0.25, 0.3) is 11.8 Å². The molecule has 30 heavy (non-hydrogen) atoms. The Labute approximate surface area is 176 Å². The third-order valence-electron chi connectivity index (χ3n) is 6.90. The van der Waals surface area contributed by atoms with Crippen LogP contribution < -0.4 is 5.32 Å². The highest BCUT2D eigenvalue weighted by Gasteiger charge is 2.45. The van der Waals surface area contributed by atoms with E-state index in [0.29, 0.717) is 5.92 Å². The summed E-state index contributed by atoms with van der Waals surface area (Å²) in [5, 5.41) is 8.29. The molecule has 2 aliphatic carbocycles. The second-order valence-electron chi connectivity index (χ2n) is 8.72. The minimum atomic E-state index is -0.222. The van der Waals surface area contributed by atoms with Gasteiger partial charge in [-0.05, 0) is 85.2 Å². The van der Waals surface area contributed by atoms with Crippen molar-refractivity contribution in [2.75, 3.05) is 13.1 Å². The summed E-state index contributed by atoms with van der Waals surface area (Å²) in [7, 11) is 0. The Bertz CT molecular complexity index is 1050. The molecule has 0 amide bonds. The molecule has 1 N–H and O–H groups in total. The lowest BCUT2D eigenvalue weighted by atomic mass is 9.70. The van der Waals surface area contributed by atoms with E-state index in [1.165, 1.54) is 29.7 Å². The second kappa shape index (κ2) is 7.80. The van der Waals surface area contributed by atoms with E-state index >= 15 is 0 Å². The molecule has 0 spiro atoms. The molecule has 1 aromatic carbocycles. The van der Waals surface area contributed by atoms with Gasteiger partial charge in [0, 0.05) is 24.9 Å². The summed E-state index contributed by atoms with van der Waals surface area (Å²) < 4.78 is 15.3. The number of nitrogens with zero attached hydrogens (tertiary/aromatic N) is 3. The van der Waals surface area contributed by atoms with Gasteiger partial charge in [-0.1, -0.05) is 18.6 Å². The molecule has 2 atom stereocenters. The lowest BCUT2D eigenvalue weighted by molar-refractivity contribution is 0.262. The SMILES string of the molecule is C[C@]12Cc3cnn(-c4ccc(F)cc4)c3C=C1CC[C@@H]2CNCCc1ccccn1. The van der Waals surface area contributed by atoms with Gasteiger partial charge in [0.25, 0.3) is 0 Å². The Kier molecular flexibility index (Phi) is 4.99. The van der Waals surface area contributed by atoms with E-state index < -0.39 is 0 Å². The number of hydrogen-bond donors (Lipinski definition) is 1. The van der Waals surface area contributed by atoms with Gasteiger partial charge in [0.05, 0.1) is 17.6 Å². The second-order valence-corrected chi connectivity index (χ2v) is 8.72. The third-order valence-corrected chi connectivity index (χ3v) is 6.90. The van der Waals surface area contributed by atoms with E-state index in [-0.39, 0.29) is 11.2 Å². The number of rotatable bonds is 6. The van der Waals surface area contributed by atoms with Crippen molar-refractivity contribution < 1.29 is 4.39 Å². The number of benzene rings is 1. The van der Waals surface area contributed by atoms with Crippen LogP contribution in [0.3, 0.4) is 0 Å². The summed E-state index contributed by atoms with van der Waals surface area (Å²) in [5.41, 5.74) is 6.18. The molecule has 1 fully saturated rings. The summed E-state index contributed by atoms with van der Waals surface area (Å²) in [6, 6.07) is 12.6. The fraction of sp³-hybridized carbons (Fsp3) is 0.360. The number of allylic oxidation sites excluding steroid dienone is 1. The first kappa shape index (κ1) is 19.2. The van der Waals surface area contributed by atoms with Gasteiger partial charge in [-0.25, -0.2) is 9.07 Å². The molecule has 4 nitrogen and oxygen atoms in total. The highest BCUT2D eigenvalue weighted by atomic mass is 19.1. The van der Waals surface area contributed by atoms with Crippen LogP contribution in [0.15, 0.2) is 60.4 Å². The van der Waals surface area contributed by atoms with E-state index in [4.69, 9.17) is 0 Å². The summed E-state index contributed by atoms with van der Waals surface area (Å²) in [4.78, 5) is 4.41. The predicted octanol–water partition coefficient (Wildman–Crippen LogP) is 4.59. The molecule has 154 valence electrons. The first-order valence-electron chi connectivity index (χ1n) is 10.8. The zero-order valence-corrected chi connectivity index (χ0v) is 17.3. The average molecular weight is 403 g/mol. The van der Waals surface area contributed by atoms with Crippen molar-refractivity contribution in [2.24, 2.45) is 11.3 Å². The molecule has 2 aliphatic rings. The number of pyridine rings is 1. The fourth-order valence-electron chi connectivity index (χ4n) is 5.09. The topological polar surface area (TPSA) is 42.7 Å². The van der Waals surface area contributed by atoms with Crippen LogP contribution in [-0.2, 0) is 12.8 Å². The number of aromatic nitrogens is 3. The van der Waals surface area contributed by atoms with Crippen LogP contribution in [0.1, 0.15) is 36.7 Å². The van der Waals surface area contributed by atoms with E-state index in [1.807, 2.05) is 29.2 Å². The van der Waals surface area contributed by atoms with Gasteiger partial charge in [0.2, 0.25) is 0 Å². The molecule has 5 rings (SSSR count). The van der Waals surface area contributed by atoms with Crippen molar-refractivity contribution >= 4 is 6.08 Å². The Balaban J connectivity index is 1.28. The number of hydrogen-bond acceptors (Lipinski definition) is 3. The van der Waals surface area contributed by atoms with Gasteiger partial charge in [-0.2, -0.15) is 5.10 Å². The summed E-state index contributed by atoms with van der Waals surface area (Å²) in [5.74, 6) is 0.398. The highest BCUT2D eigenvalue weighted by molar-refractivity contribution is 5.61. The maximum atomic E-state index is 13.3. The quantitative estimate of drug-likeness (QED) is 0.613. The molecule has 1 saturated carbocycles. The lowest BCUT2D eigenvalue weighted by Gasteiger charge is -2.36. The maximum absolute atomic E-state index is 13.3. The van der Waals surface area contributed by atoms with Crippen molar-refractivity contribution in [3.63, 3.8) is 0 Å². The largest absolute Gasteiger partial charge is 0.316 e. The Morgan fingerprint density at radius 1 is 1.20 bits per heavy atom. The predicted molar refractivity (Wildman–Crippen MR) is 117 cm³/mol. The molecule has 0 radical (unpaired) electrons. The van der Waals surface area contributed by atoms with Crippen molar-refractivity contribution in [2.45, 2.75) is 32.6 Å². The number of fused-ring (bicyclic) bond motifs is 2. The van der Waals surface area contributed by atoms with Gasteiger partial charge < -0.3 is 5.32 Å². The van der Waals surface area contributed by atoms with Crippen LogP contribution in [0.5, 0.6) is 0 Å². The highest BCUT2D eigenvalue weighted by Crippen LogP contribution is 2.52. The molecular weight excluding hydrogens is 375 g/mol. The van der Waals surface area contributed by atoms with Crippen molar-refractivity contribution in [3.05, 3.63) is 83.2 Å². The summed E-state index contributed by atoms with van der Waals surface area (Å²) in [6.07, 6.45) is 10.5. The molecule has 2 aromatic heterocycles. The van der Waals surface area contributed by atoms with Crippen molar-refractivity contribution in [1.82, 2.24) is 20.1 Å². The first-order valence-corrected chi connectivity index (χ1v) is 10.8. The van der Waals surface area contributed by atoms with Crippen LogP contribution in [0.2, 0.25) is 0 Å². The molecule has 0 saturated heterocycles.